The van der Waals surface area contributed by atoms with Crippen LogP contribution in [0, 0.1) is 0 Å². The molecule has 0 fully saturated rings. The second-order valence-corrected chi connectivity index (χ2v) is 18.3. The van der Waals surface area contributed by atoms with Crippen LogP contribution >= 0.6 is 23.5 Å². The number of benzene rings is 3. The molecule has 0 aliphatic carbocycles. The number of rotatable bonds is 28. The van der Waals surface area contributed by atoms with Crippen LogP contribution in [0.2, 0.25) is 0 Å². The average molecular weight is 1020 g/mol. The van der Waals surface area contributed by atoms with E-state index >= 15 is 0 Å². The molecule has 11 N–H and O–H groups in total. The van der Waals surface area contributed by atoms with Crippen LogP contribution in [0.25, 0.3) is 10.9 Å². The standard InChI is InChI=1S/C44H54N8O14S3/c1-67-18-16-32(49-42(59)35(52-44(61)65-25-27-8-4-3-5-9-27)20-26-12-14-29(15-13-26)66-69(62,63)64)40(57)47-24-37(53)48-36(21-28-23-46-31-11-7-6-10-30(28)31)43(60)50-33(17-19-68-2)41(58)51-34(39(45)56)22-38(54)55/h3-15,23,32-36,46H,16-22,24-25H2,1-2H3,(H2,45,56)(H,47,57)(H,48,53)(H,49,59)(H,50,60)(H,51,58)(H,52,61)(H,54,55)(H,62,63,64)/t32-,33?,34-,35-,36-/m0/s1. The maximum atomic E-state index is 14.0. The number of hydrogen-bond acceptors (Lipinski definition) is 14. The van der Waals surface area contributed by atoms with Crippen molar-refractivity contribution < 1.29 is 65.4 Å². The molecule has 0 radical (unpaired) electrons. The number of carbonyl (C=O) groups is 8. The van der Waals surface area contributed by atoms with Gasteiger partial charge in [0.15, 0.2) is 0 Å². The Morgan fingerprint density at radius 1 is 0.681 bits per heavy atom. The lowest BCUT2D eigenvalue weighted by Crippen LogP contribution is -2.58. The average Bonchev–Trinajstić information content (AvgIpc) is 3.72. The summed E-state index contributed by atoms with van der Waals surface area (Å²) in [5.74, 6) is -6.15. The summed E-state index contributed by atoms with van der Waals surface area (Å²) in [6.07, 6.45) is 3.25. The van der Waals surface area contributed by atoms with Crippen molar-refractivity contribution in [1.29, 1.82) is 0 Å². The van der Waals surface area contributed by atoms with E-state index in [9.17, 15) is 51.9 Å². The summed E-state index contributed by atoms with van der Waals surface area (Å²) in [6.45, 7) is -0.812. The number of fused-ring (bicyclic) bond motifs is 1. The Kier molecular flexibility index (Phi) is 21.6. The summed E-state index contributed by atoms with van der Waals surface area (Å²) in [5, 5.41) is 25.1. The lowest BCUT2D eigenvalue weighted by molar-refractivity contribution is -0.140. The van der Waals surface area contributed by atoms with Gasteiger partial charge in [-0.2, -0.15) is 31.9 Å². The fraction of sp³-hybridized carbons (Fsp3) is 0.364. The van der Waals surface area contributed by atoms with Crippen LogP contribution in [0.3, 0.4) is 0 Å². The Morgan fingerprint density at radius 2 is 1.25 bits per heavy atom. The maximum absolute atomic E-state index is 14.0. The normalized spacial score (nSPS) is 13.3. The van der Waals surface area contributed by atoms with Gasteiger partial charge < -0.3 is 56.6 Å². The molecule has 0 bridgehead atoms. The molecule has 372 valence electrons. The van der Waals surface area contributed by atoms with Gasteiger partial charge in [0, 0.05) is 29.9 Å². The van der Waals surface area contributed by atoms with Crippen LogP contribution in [-0.4, -0.2) is 131 Å². The summed E-state index contributed by atoms with van der Waals surface area (Å²) in [5.41, 5.74) is 7.74. The van der Waals surface area contributed by atoms with E-state index in [0.717, 1.165) is 10.9 Å². The Bertz CT molecular complexity index is 2530. The summed E-state index contributed by atoms with van der Waals surface area (Å²) in [7, 11) is -4.82. The number of alkyl carbamates (subject to hydrolysis) is 1. The minimum atomic E-state index is -4.82. The number of carbonyl (C=O) groups excluding carboxylic acids is 7. The fourth-order valence-electron chi connectivity index (χ4n) is 6.64. The smallest absolute Gasteiger partial charge is 0.446 e. The van der Waals surface area contributed by atoms with Crippen molar-refractivity contribution in [3.05, 3.63) is 102 Å². The summed E-state index contributed by atoms with van der Waals surface area (Å²) in [6, 6.07) is 14.3. The highest BCUT2D eigenvalue weighted by Gasteiger charge is 2.32. The number of ether oxygens (including phenoxy) is 1. The zero-order valence-electron chi connectivity index (χ0n) is 37.4. The van der Waals surface area contributed by atoms with E-state index in [2.05, 4.69) is 41.1 Å². The third-order valence-electron chi connectivity index (χ3n) is 10.1. The molecule has 0 aliphatic heterocycles. The van der Waals surface area contributed by atoms with E-state index < -0.39 is 101 Å². The number of nitrogens with two attached hydrogens (primary N) is 1. The van der Waals surface area contributed by atoms with Crippen LogP contribution < -0.4 is 41.8 Å². The first kappa shape index (κ1) is 54.8. The first-order chi connectivity index (χ1) is 32.8. The number of aromatic amines is 1. The number of hydrogen-bond donors (Lipinski definition) is 10. The van der Waals surface area contributed by atoms with Gasteiger partial charge in [0.1, 0.15) is 42.6 Å². The third-order valence-corrected chi connectivity index (χ3v) is 11.8. The molecule has 1 aromatic heterocycles. The number of amides is 7. The third kappa shape index (κ3) is 19.0. The highest BCUT2D eigenvalue weighted by molar-refractivity contribution is 7.98. The number of aliphatic carboxylic acids is 1. The highest BCUT2D eigenvalue weighted by Crippen LogP contribution is 2.20. The second-order valence-electron chi connectivity index (χ2n) is 15.3. The number of aromatic nitrogens is 1. The monoisotopic (exact) mass is 1010 g/mol. The second kappa shape index (κ2) is 27.2. The molecule has 4 rings (SSSR count). The zero-order chi connectivity index (χ0) is 50.5. The van der Waals surface area contributed by atoms with Gasteiger partial charge in [-0.1, -0.05) is 60.7 Å². The Hall–Kier alpha value is -6.83. The van der Waals surface area contributed by atoms with Crippen molar-refractivity contribution in [2.75, 3.05) is 30.6 Å². The molecule has 4 aromatic rings. The Balaban J connectivity index is 1.51. The van der Waals surface area contributed by atoms with Gasteiger partial charge in [0.25, 0.3) is 0 Å². The first-order valence-electron chi connectivity index (χ1n) is 21.1. The number of primary amides is 1. The Labute approximate surface area is 405 Å². The van der Waals surface area contributed by atoms with Gasteiger partial charge in [0.05, 0.1) is 13.0 Å². The van der Waals surface area contributed by atoms with E-state index in [-0.39, 0.29) is 38.0 Å². The first-order valence-corrected chi connectivity index (χ1v) is 25.3. The van der Waals surface area contributed by atoms with E-state index in [1.807, 2.05) is 6.07 Å². The van der Waals surface area contributed by atoms with E-state index in [0.29, 0.717) is 28.2 Å². The van der Waals surface area contributed by atoms with Gasteiger partial charge >= 0.3 is 22.5 Å². The highest BCUT2D eigenvalue weighted by atomic mass is 32.3. The van der Waals surface area contributed by atoms with Crippen molar-refractivity contribution in [3.8, 4) is 5.75 Å². The molecule has 1 unspecified atom stereocenters. The molecule has 0 aliphatic rings. The number of para-hydroxylation sites is 1. The van der Waals surface area contributed by atoms with Crippen molar-refractivity contribution in [3.63, 3.8) is 0 Å². The van der Waals surface area contributed by atoms with Crippen LogP contribution in [0.4, 0.5) is 4.79 Å². The molecule has 0 spiro atoms. The molecular formula is C44H54N8O14S3. The lowest BCUT2D eigenvalue weighted by atomic mass is 10.0. The summed E-state index contributed by atoms with van der Waals surface area (Å²) in [4.78, 5) is 108. The fourth-order valence-corrected chi connectivity index (χ4v) is 7.94. The number of thioether (sulfide) groups is 2. The van der Waals surface area contributed by atoms with Gasteiger partial charge in [0.2, 0.25) is 35.4 Å². The number of carboxylic acid groups (broad SMARTS) is 1. The molecule has 25 heteroatoms. The van der Waals surface area contributed by atoms with Gasteiger partial charge in [-0.15, -0.1) is 0 Å². The minimum absolute atomic E-state index is 0.0494. The van der Waals surface area contributed by atoms with Crippen molar-refractivity contribution in [1.82, 2.24) is 36.9 Å². The molecule has 22 nitrogen and oxygen atoms in total. The van der Waals surface area contributed by atoms with Crippen molar-refractivity contribution in [2.24, 2.45) is 5.73 Å². The maximum Gasteiger partial charge on any atom is 0.446 e. The van der Waals surface area contributed by atoms with Crippen molar-refractivity contribution >= 4 is 92.3 Å². The molecule has 3 aromatic carbocycles. The van der Waals surface area contributed by atoms with Gasteiger partial charge in [-0.25, -0.2) is 4.79 Å². The largest absolute Gasteiger partial charge is 0.481 e. The molecule has 69 heavy (non-hydrogen) atoms. The number of H-pyrrole nitrogens is 1. The van der Waals surface area contributed by atoms with Crippen molar-refractivity contribution in [2.45, 2.75) is 68.9 Å². The molecule has 5 atom stereocenters. The number of carboxylic acids is 1. The molecule has 0 saturated carbocycles. The lowest BCUT2D eigenvalue weighted by Gasteiger charge is -2.25. The molecule has 0 saturated heterocycles. The van der Waals surface area contributed by atoms with E-state index in [1.165, 1.54) is 47.8 Å². The molecule has 7 amide bonds. The van der Waals surface area contributed by atoms with Crippen LogP contribution in [0.1, 0.15) is 36.0 Å². The SMILES string of the molecule is CSCCC(NC(=O)[C@H](Cc1c[nH]c2ccccc12)NC(=O)CNC(=O)[C@H](CCSC)NC(=O)[C@H](Cc1ccc(OS(=O)(=O)O)cc1)NC(=O)OCc1ccccc1)C(=O)N[C@@H](CC(=O)O)C(N)=O. The Morgan fingerprint density at radius 3 is 1.84 bits per heavy atom. The number of nitrogens with one attached hydrogen (secondary N) is 7. The quantitative estimate of drug-likeness (QED) is 0.0354. The molecule has 1 heterocycles. The minimum Gasteiger partial charge on any atom is -0.481 e. The van der Waals surface area contributed by atoms with Gasteiger partial charge in [-0.05, 0) is 71.7 Å². The van der Waals surface area contributed by atoms with Crippen LogP contribution in [-0.2, 0) is 68.1 Å². The van der Waals surface area contributed by atoms with E-state index in [4.69, 9.17) is 15.0 Å². The van der Waals surface area contributed by atoms with E-state index in [1.54, 1.807) is 67.2 Å². The van der Waals surface area contributed by atoms with Gasteiger partial charge in [-0.3, -0.25) is 38.1 Å². The zero-order valence-corrected chi connectivity index (χ0v) is 39.9. The topological polar surface area (TPSA) is 344 Å². The molecular weight excluding hydrogens is 961 g/mol. The van der Waals surface area contributed by atoms with Crippen LogP contribution in [0.5, 0.6) is 5.75 Å². The summed E-state index contributed by atoms with van der Waals surface area (Å²) < 4.78 is 41.2. The van der Waals surface area contributed by atoms with Crippen LogP contribution in [0.15, 0.2) is 85.1 Å². The predicted molar refractivity (Wildman–Crippen MR) is 256 cm³/mol. The summed E-state index contributed by atoms with van der Waals surface area (Å²) >= 11 is 2.71. The predicted octanol–water partition coefficient (Wildman–Crippen LogP) is 0.951.